The van der Waals surface area contributed by atoms with Crippen molar-refractivity contribution in [1.29, 1.82) is 0 Å². The van der Waals surface area contributed by atoms with E-state index >= 15 is 0 Å². The molecular weight excluding hydrogens is 1330 g/mol. The molecule has 4 amide bonds. The number of nitrogens with one attached hydrogen (secondary N) is 2. The second-order valence-corrected chi connectivity index (χ2v) is 32.0. The summed E-state index contributed by atoms with van der Waals surface area (Å²) in [6, 6.07) is 21.2. The number of likely N-dealkylation sites (tertiary alicyclic amines) is 4. The molecule has 2 N–H and O–H groups in total. The molecule has 2 saturated carbocycles. The summed E-state index contributed by atoms with van der Waals surface area (Å²) in [5.74, 6) is 0.427. The average Bonchev–Trinajstić information content (AvgIpc) is 1.56. The largest absolute Gasteiger partial charge is 0.379 e. The summed E-state index contributed by atoms with van der Waals surface area (Å²) in [5, 5.41) is 6.46. The smallest absolute Gasteiger partial charge is 0.259 e. The molecule has 18 rings (SSSR count). The third kappa shape index (κ3) is 11.8. The number of aromatic nitrogens is 8. The van der Waals surface area contributed by atoms with E-state index in [1.807, 2.05) is 44.1 Å². The normalized spacial score (nSPS) is 23.8. The van der Waals surface area contributed by atoms with Crippen LogP contribution in [0.1, 0.15) is 148 Å². The highest BCUT2D eigenvalue weighted by molar-refractivity contribution is 6.11. The van der Waals surface area contributed by atoms with Gasteiger partial charge in [0.1, 0.15) is 11.0 Å². The first-order chi connectivity index (χ1) is 50.9. The molecule has 0 unspecified atom stereocenters. The van der Waals surface area contributed by atoms with E-state index in [-0.39, 0.29) is 72.4 Å². The van der Waals surface area contributed by atoms with Gasteiger partial charge >= 0.3 is 0 Å². The zero-order valence-corrected chi connectivity index (χ0v) is 61.0. The van der Waals surface area contributed by atoms with Crippen molar-refractivity contribution in [1.82, 2.24) is 58.6 Å². The number of pyridine rings is 4. The van der Waals surface area contributed by atoms with Gasteiger partial charge < -0.3 is 63.4 Å². The monoisotopic (exact) mass is 1430 g/mol. The molecule has 10 aliphatic rings. The summed E-state index contributed by atoms with van der Waals surface area (Å²) >= 11 is 0. The molecule has 2 aromatic carbocycles. The van der Waals surface area contributed by atoms with Gasteiger partial charge in [0.15, 0.2) is 28.9 Å². The Hall–Kier alpha value is -8.88. The summed E-state index contributed by atoms with van der Waals surface area (Å²) in [6.45, 7) is 18.3. The number of fused-ring (bicyclic) bond motifs is 6. The van der Waals surface area contributed by atoms with Gasteiger partial charge in [-0.25, -0.2) is 28.7 Å². The zero-order valence-electron chi connectivity index (χ0n) is 61.0. The molecule has 14 heterocycles. The van der Waals surface area contributed by atoms with Gasteiger partial charge in [-0.15, -0.1) is 0 Å². The maximum absolute atomic E-state index is 14.9. The van der Waals surface area contributed by atoms with E-state index in [2.05, 4.69) is 98.2 Å². The molecule has 550 valence electrons. The van der Waals surface area contributed by atoms with Crippen molar-refractivity contribution in [3.8, 4) is 22.5 Å². The standard InChI is InChI=1S/C40H47FN8O4.C40H47FN8O3/c1-25(2)48-24-43-33-20-32(45-36(35(33)48)44-31-9-12-42-21-30(31)41)26-7-8-29-34(17-26)49(28-18-27(19-28)46-13-5-4-6-14-46)37(50)39(29)10-15-47(16-11-39)38(51)40(52-3)22-53-23-40;1-25(2)48-24-43-33-20-32(45-36(35(33)48)44-31-9-12-42-21-30(31)41)26-7-8-29-34(17-26)49(28-18-27(19-28)46-13-5-4-6-14-46)38(51)40(29)10-15-47(16-11-40)37(50)39(3)22-52-23-39/h7-9,12,17,20-21,24-25,27-28H,4-6,10-11,13-16,18-19,22-23H2,1-3H3,(H,42,44,45);7-9,12,17,20-21,24-25,27-28H,4-6,10-11,13-16,18-19,22-23H2,1-3H3,(H,42,44,45). The Morgan fingerprint density at radius 2 is 0.962 bits per heavy atom. The number of hydrogen-bond acceptors (Lipinski definition) is 17. The Labute approximate surface area is 610 Å². The first-order valence-corrected chi connectivity index (χ1v) is 38.1. The molecule has 2 aliphatic carbocycles. The van der Waals surface area contributed by atoms with E-state index in [1.54, 1.807) is 44.3 Å². The Bertz CT molecular complexity index is 4680. The third-order valence-electron chi connectivity index (χ3n) is 25.0. The number of methoxy groups -OCH3 is 1. The number of piperidine rings is 4. The first kappa shape index (κ1) is 69.2. The molecule has 6 saturated heterocycles. The van der Waals surface area contributed by atoms with E-state index in [9.17, 15) is 28.0 Å². The Morgan fingerprint density at radius 1 is 0.543 bits per heavy atom. The molecule has 0 bridgehead atoms. The Balaban J connectivity index is 0.000000155. The number of nitrogens with zero attached hydrogens (tertiary/aromatic N) is 14. The lowest BCUT2D eigenvalue weighted by molar-refractivity contribution is -0.211. The van der Waals surface area contributed by atoms with E-state index in [0.29, 0.717) is 100 Å². The Morgan fingerprint density at radius 3 is 1.33 bits per heavy atom. The summed E-state index contributed by atoms with van der Waals surface area (Å²) in [5.41, 5.74) is 7.86. The van der Waals surface area contributed by atoms with Crippen LogP contribution in [0.15, 0.2) is 98.1 Å². The van der Waals surface area contributed by atoms with Crippen molar-refractivity contribution in [3.05, 3.63) is 121 Å². The highest BCUT2D eigenvalue weighted by atomic mass is 19.1. The summed E-state index contributed by atoms with van der Waals surface area (Å²) in [4.78, 5) is 97.5. The van der Waals surface area contributed by atoms with Gasteiger partial charge in [-0.05, 0) is 185 Å². The number of amides is 4. The van der Waals surface area contributed by atoms with Crippen LogP contribution in [0, 0.1) is 17.0 Å². The fraction of sp³-hybridized carbons (Fsp3) is 0.525. The molecule has 0 radical (unpaired) electrons. The molecule has 2 spiro atoms. The minimum Gasteiger partial charge on any atom is -0.379 e. The fourth-order valence-electron chi connectivity index (χ4n) is 18.5. The second-order valence-electron chi connectivity index (χ2n) is 32.0. The van der Waals surface area contributed by atoms with Gasteiger partial charge in [0, 0.05) is 104 Å². The number of benzene rings is 2. The van der Waals surface area contributed by atoms with Crippen molar-refractivity contribution in [2.75, 3.05) is 106 Å². The highest BCUT2D eigenvalue weighted by Gasteiger charge is 2.60. The predicted molar refractivity (Wildman–Crippen MR) is 396 cm³/mol. The minimum absolute atomic E-state index is 0.0558. The van der Waals surface area contributed by atoms with Crippen LogP contribution in [0.25, 0.3) is 44.6 Å². The van der Waals surface area contributed by atoms with Crippen LogP contribution in [0.5, 0.6) is 0 Å². The molecule has 8 aromatic rings. The number of rotatable bonds is 15. The van der Waals surface area contributed by atoms with Gasteiger partial charge in [0.2, 0.25) is 17.7 Å². The molecule has 6 aromatic heterocycles. The second kappa shape index (κ2) is 27.2. The first-order valence-electron chi connectivity index (χ1n) is 38.1. The van der Waals surface area contributed by atoms with Gasteiger partial charge in [0.05, 0.1) is 102 Å². The number of halogens is 2. The van der Waals surface area contributed by atoms with Crippen LogP contribution in [-0.2, 0) is 44.2 Å². The minimum atomic E-state index is -0.922. The zero-order chi connectivity index (χ0) is 72.3. The molecule has 0 atom stereocenters. The lowest BCUT2D eigenvalue weighted by Crippen LogP contribution is -2.64. The van der Waals surface area contributed by atoms with Crippen molar-refractivity contribution in [2.24, 2.45) is 5.41 Å². The summed E-state index contributed by atoms with van der Waals surface area (Å²) in [7, 11) is 1.56. The average molecular weight is 1430 g/mol. The van der Waals surface area contributed by atoms with E-state index < -0.39 is 33.5 Å². The van der Waals surface area contributed by atoms with Crippen molar-refractivity contribution in [3.63, 3.8) is 0 Å². The van der Waals surface area contributed by atoms with Crippen LogP contribution < -0.4 is 20.4 Å². The molecular formula is C80H94F2N16O7. The number of imidazole rings is 2. The van der Waals surface area contributed by atoms with Crippen LogP contribution in [0.3, 0.4) is 0 Å². The lowest BCUT2D eigenvalue weighted by Gasteiger charge is -2.48. The SMILES string of the molecule is CC(C)n1cnc2cc(-c3ccc4c(c3)N(C3CC(N5CCCCC5)C3)C(=O)C43CCN(C(=O)C4(C)COC4)CC3)nc(Nc3ccncc3F)c21.COC1(C(=O)N2CCC3(CC2)C(=O)N(C2CC(N4CCCCC4)C2)c2cc(-c4cc5ncn(C(C)C)c5c(Nc5ccncc5F)n4)ccc23)COC1. The quantitative estimate of drug-likeness (QED) is 0.0972. The van der Waals surface area contributed by atoms with Gasteiger partial charge in [0.25, 0.3) is 5.91 Å². The third-order valence-corrected chi connectivity index (χ3v) is 25.0. The van der Waals surface area contributed by atoms with Gasteiger partial charge in [-0.3, -0.25) is 29.1 Å². The van der Waals surface area contributed by atoms with E-state index in [1.165, 1.54) is 50.9 Å². The van der Waals surface area contributed by atoms with Crippen molar-refractivity contribution < 1.29 is 42.2 Å². The molecule has 8 aliphatic heterocycles. The number of carbonyl (C=O) groups is 4. The number of anilines is 6. The fourth-order valence-corrected chi connectivity index (χ4v) is 18.5. The van der Waals surface area contributed by atoms with E-state index in [4.69, 9.17) is 34.1 Å². The van der Waals surface area contributed by atoms with Crippen molar-refractivity contribution in [2.45, 2.75) is 177 Å². The van der Waals surface area contributed by atoms with Crippen LogP contribution in [0.2, 0.25) is 0 Å². The van der Waals surface area contributed by atoms with Gasteiger partial charge in [-0.2, -0.15) is 0 Å². The maximum atomic E-state index is 14.9. The van der Waals surface area contributed by atoms with Crippen LogP contribution in [0.4, 0.5) is 43.2 Å². The van der Waals surface area contributed by atoms with Crippen LogP contribution >= 0.6 is 0 Å². The number of ether oxygens (including phenoxy) is 3. The lowest BCUT2D eigenvalue weighted by atomic mass is 9.72. The number of carbonyl (C=O) groups excluding carboxylic acids is 4. The summed E-state index contributed by atoms with van der Waals surface area (Å²) in [6.07, 6.45) is 22.7. The predicted octanol–water partition coefficient (Wildman–Crippen LogP) is 11.8. The topological polar surface area (TPSA) is 227 Å². The molecule has 25 heteroatoms. The summed E-state index contributed by atoms with van der Waals surface area (Å²) < 4.78 is 50.2. The van der Waals surface area contributed by atoms with Crippen LogP contribution in [-0.4, -0.2) is 198 Å². The van der Waals surface area contributed by atoms with E-state index in [0.717, 1.165) is 108 Å². The Kier molecular flexibility index (Phi) is 17.9. The molecule has 105 heavy (non-hydrogen) atoms. The van der Waals surface area contributed by atoms with Gasteiger partial charge in [-0.1, -0.05) is 37.1 Å². The number of hydrogen-bond donors (Lipinski definition) is 2. The van der Waals surface area contributed by atoms with Crippen molar-refractivity contribution >= 4 is 80.1 Å². The molecule has 23 nitrogen and oxygen atoms in total. The highest BCUT2D eigenvalue weighted by Crippen LogP contribution is 2.55. The molecule has 8 fully saturated rings. The maximum Gasteiger partial charge on any atom is 0.259 e.